The number of ether oxygens (including phenoxy) is 1. The number of methoxy groups -OCH3 is 1. The second-order valence-corrected chi connectivity index (χ2v) is 6.97. The number of hydrogen-bond acceptors (Lipinski definition) is 5. The molecule has 0 atom stereocenters. The first-order chi connectivity index (χ1) is 14.1. The lowest BCUT2D eigenvalue weighted by Crippen LogP contribution is -2.24. The summed E-state index contributed by atoms with van der Waals surface area (Å²) in [4.78, 5) is 22.4. The summed E-state index contributed by atoms with van der Waals surface area (Å²) in [5, 5.41) is 3.48. The third kappa shape index (κ3) is 3.62. The molecule has 0 saturated heterocycles. The van der Waals surface area contributed by atoms with Crippen molar-refractivity contribution in [2.24, 2.45) is 0 Å². The van der Waals surface area contributed by atoms with Crippen LogP contribution in [-0.4, -0.2) is 34.2 Å². The van der Waals surface area contributed by atoms with Gasteiger partial charge in [-0.2, -0.15) is 0 Å². The van der Waals surface area contributed by atoms with Gasteiger partial charge >= 0.3 is 0 Å². The standard InChI is InChI=1S/C21H20ClN5O2/c1-29-11-10-27-19(23)17(21(28)24-12-13-6-2-3-7-14(13)22)18-20(27)26-16-9-5-4-8-15(16)25-18/h2-9H,10-12,23H2,1H3,(H,24,28). The van der Waals surface area contributed by atoms with Crippen molar-refractivity contribution < 1.29 is 9.53 Å². The van der Waals surface area contributed by atoms with Gasteiger partial charge < -0.3 is 20.4 Å². The molecule has 7 nitrogen and oxygen atoms in total. The Balaban J connectivity index is 1.77. The second-order valence-electron chi connectivity index (χ2n) is 6.56. The zero-order valence-corrected chi connectivity index (χ0v) is 16.6. The Bertz CT molecular complexity index is 1200. The molecule has 2 aromatic heterocycles. The normalized spacial score (nSPS) is 11.2. The summed E-state index contributed by atoms with van der Waals surface area (Å²) in [5.74, 6) is -0.0165. The first kappa shape index (κ1) is 19.2. The van der Waals surface area contributed by atoms with Gasteiger partial charge in [0.2, 0.25) is 0 Å². The maximum Gasteiger partial charge on any atom is 0.257 e. The summed E-state index contributed by atoms with van der Waals surface area (Å²) < 4.78 is 6.95. The Morgan fingerprint density at radius 2 is 1.83 bits per heavy atom. The number of rotatable bonds is 6. The smallest absolute Gasteiger partial charge is 0.257 e. The summed E-state index contributed by atoms with van der Waals surface area (Å²) in [6.45, 7) is 1.18. The van der Waals surface area contributed by atoms with Crippen molar-refractivity contribution in [3.63, 3.8) is 0 Å². The van der Waals surface area contributed by atoms with Crippen molar-refractivity contribution in [3.8, 4) is 0 Å². The molecule has 2 heterocycles. The Morgan fingerprint density at radius 1 is 1.14 bits per heavy atom. The molecule has 0 spiro atoms. The summed E-state index contributed by atoms with van der Waals surface area (Å²) in [6.07, 6.45) is 0. The van der Waals surface area contributed by atoms with Crippen LogP contribution in [0.15, 0.2) is 48.5 Å². The topological polar surface area (TPSA) is 95.1 Å². The quantitative estimate of drug-likeness (QED) is 0.509. The Morgan fingerprint density at radius 3 is 2.55 bits per heavy atom. The van der Waals surface area contributed by atoms with Gasteiger partial charge in [0, 0.05) is 25.2 Å². The van der Waals surface area contributed by atoms with E-state index in [2.05, 4.69) is 10.3 Å². The Kier molecular flexibility index (Phi) is 5.33. The molecule has 0 bridgehead atoms. The van der Waals surface area contributed by atoms with Gasteiger partial charge in [-0.25, -0.2) is 9.97 Å². The highest BCUT2D eigenvalue weighted by Crippen LogP contribution is 2.28. The lowest BCUT2D eigenvalue weighted by Gasteiger charge is -2.08. The molecule has 0 saturated carbocycles. The minimum atomic E-state index is -0.326. The van der Waals surface area contributed by atoms with E-state index in [0.29, 0.717) is 46.2 Å². The first-order valence-electron chi connectivity index (χ1n) is 9.15. The predicted octanol–water partition coefficient (Wildman–Crippen LogP) is 3.40. The molecule has 0 unspecified atom stereocenters. The van der Waals surface area contributed by atoms with Crippen LogP contribution in [0.5, 0.6) is 0 Å². The molecule has 29 heavy (non-hydrogen) atoms. The van der Waals surface area contributed by atoms with Crippen molar-refractivity contribution >= 4 is 45.5 Å². The van der Waals surface area contributed by atoms with E-state index in [4.69, 9.17) is 27.1 Å². The van der Waals surface area contributed by atoms with Crippen LogP contribution in [0.25, 0.3) is 22.2 Å². The summed E-state index contributed by atoms with van der Waals surface area (Å²) >= 11 is 6.19. The van der Waals surface area contributed by atoms with Gasteiger partial charge in [-0.15, -0.1) is 0 Å². The largest absolute Gasteiger partial charge is 0.384 e. The van der Waals surface area contributed by atoms with Crippen LogP contribution in [0.4, 0.5) is 5.82 Å². The van der Waals surface area contributed by atoms with E-state index < -0.39 is 0 Å². The molecule has 4 aromatic rings. The van der Waals surface area contributed by atoms with Gasteiger partial charge in [0.15, 0.2) is 5.65 Å². The number of aromatic nitrogens is 3. The molecule has 148 valence electrons. The van der Waals surface area contributed by atoms with Crippen LogP contribution >= 0.6 is 11.6 Å². The van der Waals surface area contributed by atoms with Gasteiger partial charge in [0.25, 0.3) is 5.91 Å². The van der Waals surface area contributed by atoms with E-state index in [1.165, 1.54) is 0 Å². The highest BCUT2D eigenvalue weighted by molar-refractivity contribution is 6.31. The lowest BCUT2D eigenvalue weighted by molar-refractivity contribution is 0.0953. The summed E-state index contributed by atoms with van der Waals surface area (Å²) in [7, 11) is 1.61. The highest BCUT2D eigenvalue weighted by Gasteiger charge is 2.23. The van der Waals surface area contributed by atoms with Crippen LogP contribution in [0, 0.1) is 0 Å². The van der Waals surface area contributed by atoms with E-state index in [1.54, 1.807) is 17.7 Å². The number of nitrogens with zero attached hydrogens (tertiary/aromatic N) is 3. The summed E-state index contributed by atoms with van der Waals surface area (Å²) in [5.41, 5.74) is 9.94. The highest BCUT2D eigenvalue weighted by atomic mass is 35.5. The number of para-hydroxylation sites is 2. The van der Waals surface area contributed by atoms with Crippen molar-refractivity contribution in [2.45, 2.75) is 13.1 Å². The third-order valence-electron chi connectivity index (χ3n) is 4.73. The number of nitrogens with one attached hydrogen (secondary N) is 1. The van der Waals surface area contributed by atoms with Gasteiger partial charge in [-0.3, -0.25) is 4.79 Å². The number of nitrogens with two attached hydrogens (primary N) is 1. The monoisotopic (exact) mass is 409 g/mol. The van der Waals surface area contributed by atoms with Crippen molar-refractivity contribution in [2.75, 3.05) is 19.5 Å². The maximum absolute atomic E-state index is 13.0. The molecule has 4 rings (SSSR count). The Labute approximate surface area is 172 Å². The van der Waals surface area contributed by atoms with E-state index in [1.807, 2.05) is 42.5 Å². The molecule has 0 fully saturated rings. The molecule has 0 aliphatic carbocycles. The Hall–Kier alpha value is -3.16. The summed E-state index contributed by atoms with van der Waals surface area (Å²) in [6, 6.07) is 14.9. The molecule has 2 aromatic carbocycles. The van der Waals surface area contributed by atoms with Crippen LogP contribution in [-0.2, 0) is 17.8 Å². The molecular formula is C21H20ClN5O2. The molecule has 3 N–H and O–H groups in total. The molecule has 1 amide bonds. The zero-order valence-electron chi connectivity index (χ0n) is 15.9. The number of hydrogen-bond donors (Lipinski definition) is 2. The van der Waals surface area contributed by atoms with E-state index in [0.717, 1.165) is 11.1 Å². The fourth-order valence-corrected chi connectivity index (χ4v) is 3.46. The lowest BCUT2D eigenvalue weighted by atomic mass is 10.2. The maximum atomic E-state index is 13.0. The van der Waals surface area contributed by atoms with Crippen molar-refractivity contribution in [3.05, 3.63) is 64.7 Å². The molecule has 0 aliphatic rings. The molecule has 0 aliphatic heterocycles. The minimum Gasteiger partial charge on any atom is -0.384 e. The van der Waals surface area contributed by atoms with Gasteiger partial charge in [0.1, 0.15) is 16.9 Å². The molecule has 0 radical (unpaired) electrons. The fraction of sp³-hybridized carbons (Fsp3) is 0.190. The second kappa shape index (κ2) is 8.06. The number of benzene rings is 2. The van der Waals surface area contributed by atoms with E-state index in [9.17, 15) is 4.79 Å². The van der Waals surface area contributed by atoms with Crippen LogP contribution < -0.4 is 11.1 Å². The van der Waals surface area contributed by atoms with Crippen molar-refractivity contribution in [1.82, 2.24) is 19.9 Å². The third-order valence-corrected chi connectivity index (χ3v) is 5.10. The fourth-order valence-electron chi connectivity index (χ4n) is 3.26. The predicted molar refractivity (Wildman–Crippen MR) is 114 cm³/mol. The van der Waals surface area contributed by atoms with Crippen LogP contribution in [0.1, 0.15) is 15.9 Å². The number of halogens is 1. The van der Waals surface area contributed by atoms with Gasteiger partial charge in [-0.1, -0.05) is 41.9 Å². The number of anilines is 1. The van der Waals surface area contributed by atoms with Gasteiger partial charge in [0.05, 0.1) is 17.6 Å². The average molecular weight is 410 g/mol. The number of amides is 1. The molecule has 8 heteroatoms. The molecular weight excluding hydrogens is 390 g/mol. The van der Waals surface area contributed by atoms with Crippen LogP contribution in [0.3, 0.4) is 0 Å². The zero-order chi connectivity index (χ0) is 20.4. The number of nitrogen functional groups attached to an aromatic ring is 1. The SMILES string of the molecule is COCCn1c(N)c(C(=O)NCc2ccccc2Cl)c2nc3ccccc3nc21. The van der Waals surface area contributed by atoms with Crippen molar-refractivity contribution in [1.29, 1.82) is 0 Å². The minimum absolute atomic E-state index is 0.281. The average Bonchev–Trinajstić information content (AvgIpc) is 3.00. The first-order valence-corrected chi connectivity index (χ1v) is 9.53. The van der Waals surface area contributed by atoms with E-state index in [-0.39, 0.29) is 12.5 Å². The van der Waals surface area contributed by atoms with Gasteiger partial charge in [-0.05, 0) is 23.8 Å². The van der Waals surface area contributed by atoms with Crippen LogP contribution in [0.2, 0.25) is 5.02 Å². The number of carbonyl (C=O) groups excluding carboxylic acids is 1. The number of fused-ring (bicyclic) bond motifs is 2. The number of carbonyl (C=O) groups is 1. The van der Waals surface area contributed by atoms with E-state index >= 15 is 0 Å².